The van der Waals surface area contributed by atoms with Crippen molar-refractivity contribution >= 4 is 11.9 Å². The minimum absolute atomic E-state index is 0. The van der Waals surface area contributed by atoms with Gasteiger partial charge in [-0.05, 0) is 18.6 Å². The largest absolute Gasteiger partial charge is 1.00 e. The number of hydrogen-bond acceptors (Lipinski definition) is 5. The number of benzene rings is 2. The Morgan fingerprint density at radius 1 is 0.917 bits per heavy atom. The van der Waals surface area contributed by atoms with Crippen LogP contribution < -0.4 is 74.1 Å². The second-order valence-corrected chi connectivity index (χ2v) is 5.16. The van der Waals surface area contributed by atoms with E-state index in [9.17, 15) is 19.8 Å². The summed E-state index contributed by atoms with van der Waals surface area (Å²) >= 11 is 0. The molecule has 0 saturated carbocycles. The Kier molecular flexibility index (Phi) is 7.99. The Morgan fingerprint density at radius 3 is 1.79 bits per heavy atom. The standard InChI is InChI=1S/C17H14O5.2Na/c18-15(19)9-12(17(20)21)16-10-5-1-3-7-13(10)22-14-8-4-2-6-11(14)16;;/h1-8,12,16H,9H2,(H,18,19)(H,20,21);;/q;2*+1/p-2. The molecule has 5 nitrogen and oxygen atoms in total. The Morgan fingerprint density at radius 2 is 1.38 bits per heavy atom. The molecule has 2 aromatic carbocycles. The number of ether oxygens (including phenoxy) is 1. The summed E-state index contributed by atoms with van der Waals surface area (Å²) in [6, 6.07) is 14.0. The fourth-order valence-corrected chi connectivity index (χ4v) is 2.90. The molecule has 1 aliphatic rings. The Labute approximate surface area is 183 Å². The van der Waals surface area contributed by atoms with Crippen molar-refractivity contribution in [3.8, 4) is 11.5 Å². The molecule has 0 spiro atoms. The number of carbonyl (C=O) groups is 2. The molecule has 2 aromatic rings. The molecule has 0 saturated heterocycles. The van der Waals surface area contributed by atoms with Crippen LogP contribution in [0.1, 0.15) is 23.5 Å². The summed E-state index contributed by atoms with van der Waals surface area (Å²) < 4.78 is 5.77. The van der Waals surface area contributed by atoms with E-state index < -0.39 is 30.2 Å². The monoisotopic (exact) mass is 342 g/mol. The molecule has 1 atom stereocenters. The molecule has 24 heavy (non-hydrogen) atoms. The first-order valence-corrected chi connectivity index (χ1v) is 6.84. The van der Waals surface area contributed by atoms with Gasteiger partial charge in [0.05, 0.1) is 0 Å². The molecule has 7 heteroatoms. The van der Waals surface area contributed by atoms with Crippen LogP contribution in [-0.4, -0.2) is 11.9 Å². The summed E-state index contributed by atoms with van der Waals surface area (Å²) in [7, 11) is 0. The van der Waals surface area contributed by atoms with Gasteiger partial charge in [-0.25, -0.2) is 0 Å². The number of carbonyl (C=O) groups excluding carboxylic acids is 2. The average Bonchev–Trinajstić information content (AvgIpc) is 2.50. The third-order valence-corrected chi connectivity index (χ3v) is 3.82. The van der Waals surface area contributed by atoms with Gasteiger partial charge >= 0.3 is 59.1 Å². The molecule has 1 aliphatic heterocycles. The van der Waals surface area contributed by atoms with Gasteiger partial charge in [-0.1, -0.05) is 36.4 Å². The van der Waals surface area contributed by atoms with Gasteiger partial charge in [0.2, 0.25) is 0 Å². The Balaban J connectivity index is 0.00000144. The van der Waals surface area contributed by atoms with Gasteiger partial charge in [0.1, 0.15) is 11.5 Å². The summed E-state index contributed by atoms with van der Waals surface area (Å²) in [5.41, 5.74) is 1.27. The van der Waals surface area contributed by atoms with E-state index in [0.29, 0.717) is 22.6 Å². The second kappa shape index (κ2) is 9.04. The fraction of sp³-hybridized carbons (Fsp3) is 0.176. The number of aliphatic carboxylic acids is 2. The van der Waals surface area contributed by atoms with Gasteiger partial charge in [0, 0.05) is 34.9 Å². The van der Waals surface area contributed by atoms with Crippen molar-refractivity contribution in [3.63, 3.8) is 0 Å². The molecule has 1 heterocycles. The Bertz CT molecular complexity index is 702. The van der Waals surface area contributed by atoms with E-state index in [-0.39, 0.29) is 59.1 Å². The van der Waals surface area contributed by atoms with E-state index >= 15 is 0 Å². The number of para-hydroxylation sites is 2. The molecular formula is C17H12Na2O5. The zero-order chi connectivity index (χ0) is 15.7. The minimum Gasteiger partial charge on any atom is -0.550 e. The van der Waals surface area contributed by atoms with Crippen LogP contribution in [0.4, 0.5) is 0 Å². The van der Waals surface area contributed by atoms with Crippen LogP contribution in [0, 0.1) is 5.92 Å². The summed E-state index contributed by atoms with van der Waals surface area (Å²) in [6.45, 7) is 0. The molecule has 0 bridgehead atoms. The fourth-order valence-electron chi connectivity index (χ4n) is 2.90. The molecule has 0 amide bonds. The summed E-state index contributed by atoms with van der Waals surface area (Å²) in [5, 5.41) is 22.5. The first-order valence-electron chi connectivity index (χ1n) is 6.84. The number of fused-ring (bicyclic) bond motifs is 2. The average molecular weight is 342 g/mol. The molecular weight excluding hydrogens is 330 g/mol. The van der Waals surface area contributed by atoms with Crippen LogP contribution in [0.3, 0.4) is 0 Å². The number of rotatable bonds is 4. The van der Waals surface area contributed by atoms with Gasteiger partial charge in [-0.2, -0.15) is 0 Å². The SMILES string of the molecule is O=C([O-])CC(C(=O)[O-])C1c2ccccc2Oc2ccccc21.[Na+].[Na+]. The van der Waals surface area contributed by atoms with Crippen molar-refractivity contribution in [2.45, 2.75) is 12.3 Å². The van der Waals surface area contributed by atoms with Gasteiger partial charge in [0.15, 0.2) is 0 Å². The van der Waals surface area contributed by atoms with Crippen LogP contribution in [0.15, 0.2) is 48.5 Å². The van der Waals surface area contributed by atoms with E-state index in [4.69, 9.17) is 4.74 Å². The zero-order valence-corrected chi connectivity index (χ0v) is 17.5. The zero-order valence-electron chi connectivity index (χ0n) is 13.5. The molecule has 0 fully saturated rings. The van der Waals surface area contributed by atoms with Crippen LogP contribution in [0.25, 0.3) is 0 Å². The molecule has 0 aromatic heterocycles. The van der Waals surface area contributed by atoms with Crippen molar-refractivity contribution in [3.05, 3.63) is 59.7 Å². The van der Waals surface area contributed by atoms with Gasteiger partial charge < -0.3 is 24.5 Å². The second-order valence-electron chi connectivity index (χ2n) is 5.16. The maximum atomic E-state index is 11.5. The summed E-state index contributed by atoms with van der Waals surface area (Å²) in [5.74, 6) is -3.66. The van der Waals surface area contributed by atoms with E-state index in [1.54, 1.807) is 48.5 Å². The van der Waals surface area contributed by atoms with Crippen LogP contribution >= 0.6 is 0 Å². The molecule has 1 unspecified atom stereocenters. The maximum absolute atomic E-state index is 11.5. The van der Waals surface area contributed by atoms with Crippen molar-refractivity contribution in [1.82, 2.24) is 0 Å². The topological polar surface area (TPSA) is 89.5 Å². The van der Waals surface area contributed by atoms with Crippen molar-refractivity contribution in [1.29, 1.82) is 0 Å². The van der Waals surface area contributed by atoms with Crippen molar-refractivity contribution < 1.29 is 83.7 Å². The quantitative estimate of drug-likeness (QED) is 0.517. The molecule has 0 N–H and O–H groups in total. The van der Waals surface area contributed by atoms with Gasteiger partial charge in [-0.15, -0.1) is 0 Å². The number of carboxylic acid groups (broad SMARTS) is 2. The van der Waals surface area contributed by atoms with Crippen molar-refractivity contribution in [2.24, 2.45) is 5.92 Å². The van der Waals surface area contributed by atoms with Crippen LogP contribution in [-0.2, 0) is 9.59 Å². The normalized spacial score (nSPS) is 13.2. The van der Waals surface area contributed by atoms with E-state index in [1.807, 2.05) is 0 Å². The van der Waals surface area contributed by atoms with E-state index in [1.165, 1.54) is 0 Å². The first kappa shape index (κ1) is 21.2. The summed E-state index contributed by atoms with van der Waals surface area (Å²) in [4.78, 5) is 22.5. The van der Waals surface area contributed by atoms with Gasteiger partial charge in [-0.3, -0.25) is 0 Å². The third-order valence-electron chi connectivity index (χ3n) is 3.82. The van der Waals surface area contributed by atoms with E-state index in [0.717, 1.165) is 0 Å². The first-order chi connectivity index (χ1) is 10.6. The van der Waals surface area contributed by atoms with E-state index in [2.05, 4.69) is 0 Å². The predicted molar refractivity (Wildman–Crippen MR) is 72.9 cm³/mol. The van der Waals surface area contributed by atoms with Crippen molar-refractivity contribution in [2.75, 3.05) is 0 Å². The summed E-state index contributed by atoms with van der Waals surface area (Å²) in [6.07, 6.45) is -0.615. The molecule has 0 aliphatic carbocycles. The molecule has 3 rings (SSSR count). The molecule has 0 radical (unpaired) electrons. The predicted octanol–water partition coefficient (Wildman–Crippen LogP) is -5.56. The number of carboxylic acids is 2. The maximum Gasteiger partial charge on any atom is 1.00 e. The van der Waals surface area contributed by atoms with Gasteiger partial charge in [0.25, 0.3) is 0 Å². The van der Waals surface area contributed by atoms with Crippen LogP contribution in [0.2, 0.25) is 0 Å². The smallest absolute Gasteiger partial charge is 0.550 e. The minimum atomic E-state index is -1.42. The third kappa shape index (κ3) is 4.23. The number of hydrogen-bond donors (Lipinski definition) is 0. The molecule has 112 valence electrons. The van der Waals surface area contributed by atoms with Crippen LogP contribution in [0.5, 0.6) is 11.5 Å². The Hall–Kier alpha value is -0.820.